The van der Waals surface area contributed by atoms with Crippen molar-refractivity contribution in [1.82, 2.24) is 0 Å². The summed E-state index contributed by atoms with van der Waals surface area (Å²) in [4.78, 5) is 3.56. The number of aliphatic hydroxyl groups is 3. The van der Waals surface area contributed by atoms with Gasteiger partial charge in [-0.2, -0.15) is 0 Å². The van der Waals surface area contributed by atoms with Crippen LogP contribution in [0.1, 0.15) is 0 Å². The van der Waals surface area contributed by atoms with Crippen LogP contribution in [0.15, 0.2) is 4.99 Å². The molecular formula is C6H12N2O4. The summed E-state index contributed by atoms with van der Waals surface area (Å²) >= 11 is 0. The summed E-state index contributed by atoms with van der Waals surface area (Å²) in [5, 5.41) is 27.1. The van der Waals surface area contributed by atoms with E-state index in [1.807, 2.05) is 0 Å². The second-order valence-electron chi connectivity index (χ2n) is 2.53. The fraction of sp³-hybridized carbons (Fsp3) is 0.833. The van der Waals surface area contributed by atoms with Crippen LogP contribution in [0, 0.1) is 0 Å². The fourth-order valence-electron chi connectivity index (χ4n) is 1.09. The van der Waals surface area contributed by atoms with Crippen LogP contribution < -0.4 is 5.73 Å². The smallest absolute Gasteiger partial charge is 0.178 e. The summed E-state index contributed by atoms with van der Waals surface area (Å²) in [6.45, 7) is -0.352. The zero-order valence-electron chi connectivity index (χ0n) is 6.37. The van der Waals surface area contributed by atoms with Gasteiger partial charge in [-0.25, -0.2) is 4.99 Å². The zero-order chi connectivity index (χ0) is 9.14. The summed E-state index contributed by atoms with van der Waals surface area (Å²) < 4.78 is 4.95. The number of aliphatic imine (C=N–C) groups is 1. The van der Waals surface area contributed by atoms with Crippen LogP contribution in [0.4, 0.5) is 0 Å². The number of hydrogen-bond donors (Lipinski definition) is 4. The summed E-state index contributed by atoms with van der Waals surface area (Å²) in [5.74, 6) is 0. The molecule has 0 saturated carbocycles. The lowest BCUT2D eigenvalue weighted by Crippen LogP contribution is -2.33. The Morgan fingerprint density at radius 3 is 2.50 bits per heavy atom. The topological polar surface area (TPSA) is 108 Å². The Kier molecular flexibility index (Phi) is 2.99. The van der Waals surface area contributed by atoms with Crippen molar-refractivity contribution in [3.05, 3.63) is 0 Å². The minimum absolute atomic E-state index is 0.352. The number of rotatable bonds is 2. The normalized spacial score (nSPS) is 42.6. The molecule has 12 heavy (non-hydrogen) atoms. The van der Waals surface area contributed by atoms with E-state index in [-0.39, 0.29) is 6.61 Å². The Labute approximate surface area is 69.3 Å². The van der Waals surface area contributed by atoms with Crippen LogP contribution in [0.3, 0.4) is 0 Å². The van der Waals surface area contributed by atoms with Gasteiger partial charge in [-0.3, -0.25) is 0 Å². The SMILES string of the molecule is NC=NC1O[C@H](CO)[C@@H](O)[C@H]1O. The molecule has 1 fully saturated rings. The lowest BCUT2D eigenvalue weighted by molar-refractivity contribution is -0.0192. The molecule has 1 unspecified atom stereocenters. The monoisotopic (exact) mass is 176 g/mol. The maximum absolute atomic E-state index is 9.23. The number of aliphatic hydroxyl groups excluding tert-OH is 3. The van der Waals surface area contributed by atoms with Gasteiger partial charge in [0.15, 0.2) is 6.23 Å². The van der Waals surface area contributed by atoms with Crippen LogP contribution in [-0.4, -0.2) is 52.8 Å². The predicted octanol–water partition coefficient (Wildman–Crippen LogP) is -2.59. The van der Waals surface area contributed by atoms with Crippen molar-refractivity contribution in [3.63, 3.8) is 0 Å². The van der Waals surface area contributed by atoms with Crippen molar-refractivity contribution in [2.45, 2.75) is 24.5 Å². The lowest BCUT2D eigenvalue weighted by Gasteiger charge is -2.09. The first-order valence-corrected chi connectivity index (χ1v) is 3.56. The highest BCUT2D eigenvalue weighted by Crippen LogP contribution is 2.21. The summed E-state index contributed by atoms with van der Waals surface area (Å²) in [5.41, 5.74) is 4.98. The maximum Gasteiger partial charge on any atom is 0.178 e. The average Bonchev–Trinajstić information content (AvgIpc) is 2.33. The number of nitrogens with two attached hydrogens (primary N) is 1. The van der Waals surface area contributed by atoms with Crippen molar-refractivity contribution in [2.75, 3.05) is 6.61 Å². The van der Waals surface area contributed by atoms with Gasteiger partial charge in [0.1, 0.15) is 18.3 Å². The van der Waals surface area contributed by atoms with E-state index in [1.165, 1.54) is 0 Å². The van der Waals surface area contributed by atoms with Crippen molar-refractivity contribution in [1.29, 1.82) is 0 Å². The van der Waals surface area contributed by atoms with E-state index >= 15 is 0 Å². The lowest BCUT2D eigenvalue weighted by atomic mass is 10.1. The van der Waals surface area contributed by atoms with Crippen molar-refractivity contribution >= 4 is 6.34 Å². The van der Waals surface area contributed by atoms with E-state index in [0.29, 0.717) is 0 Å². The summed E-state index contributed by atoms with van der Waals surface area (Å²) in [7, 11) is 0. The molecule has 0 bridgehead atoms. The van der Waals surface area contributed by atoms with Gasteiger partial charge in [0.05, 0.1) is 12.9 Å². The highest BCUT2D eigenvalue weighted by atomic mass is 16.6. The average molecular weight is 176 g/mol. The molecule has 1 heterocycles. The Bertz CT molecular complexity index is 175. The molecule has 1 aliphatic heterocycles. The molecule has 6 heteroatoms. The molecule has 70 valence electrons. The van der Waals surface area contributed by atoms with E-state index in [9.17, 15) is 10.2 Å². The minimum atomic E-state index is -1.12. The number of nitrogens with zero attached hydrogens (tertiary/aromatic N) is 1. The standard InChI is InChI=1S/C6H12N2O4/c7-2-8-6-5(11)4(10)3(1-9)12-6/h2-6,9-11H,1H2,(H2,7,8)/t3-,4-,5-,6?/m1/s1. The van der Waals surface area contributed by atoms with Crippen LogP contribution in [0.5, 0.6) is 0 Å². The van der Waals surface area contributed by atoms with E-state index in [4.69, 9.17) is 15.6 Å². The first-order chi connectivity index (χ1) is 5.70. The highest BCUT2D eigenvalue weighted by molar-refractivity contribution is 5.51. The second kappa shape index (κ2) is 3.81. The Morgan fingerprint density at radius 2 is 2.08 bits per heavy atom. The van der Waals surface area contributed by atoms with Crippen molar-refractivity contribution in [2.24, 2.45) is 10.7 Å². The first kappa shape index (κ1) is 9.40. The molecule has 0 aromatic carbocycles. The molecule has 0 aromatic heterocycles. The fourth-order valence-corrected chi connectivity index (χ4v) is 1.09. The third kappa shape index (κ3) is 1.56. The van der Waals surface area contributed by atoms with Gasteiger partial charge in [0, 0.05) is 0 Å². The van der Waals surface area contributed by atoms with Crippen LogP contribution in [0.2, 0.25) is 0 Å². The summed E-state index contributed by atoms with van der Waals surface area (Å²) in [6.07, 6.45) is -2.90. The van der Waals surface area contributed by atoms with Crippen molar-refractivity contribution in [3.8, 4) is 0 Å². The van der Waals surface area contributed by atoms with Crippen LogP contribution >= 0.6 is 0 Å². The minimum Gasteiger partial charge on any atom is -0.394 e. The van der Waals surface area contributed by atoms with Gasteiger partial charge in [-0.15, -0.1) is 0 Å². The third-order valence-electron chi connectivity index (χ3n) is 1.75. The van der Waals surface area contributed by atoms with Gasteiger partial charge in [-0.05, 0) is 0 Å². The molecule has 6 nitrogen and oxygen atoms in total. The molecule has 1 rings (SSSR count). The molecule has 4 atom stereocenters. The first-order valence-electron chi connectivity index (χ1n) is 3.56. The van der Waals surface area contributed by atoms with E-state index in [1.54, 1.807) is 0 Å². The number of ether oxygens (including phenoxy) is 1. The molecule has 1 saturated heterocycles. The van der Waals surface area contributed by atoms with E-state index in [2.05, 4.69) is 4.99 Å². The Balaban J connectivity index is 2.60. The number of hydrogen-bond acceptors (Lipinski definition) is 5. The van der Waals surface area contributed by atoms with Gasteiger partial charge >= 0.3 is 0 Å². The molecule has 1 aliphatic rings. The van der Waals surface area contributed by atoms with Gasteiger partial charge in [0.25, 0.3) is 0 Å². The van der Waals surface area contributed by atoms with Crippen molar-refractivity contribution < 1.29 is 20.1 Å². The van der Waals surface area contributed by atoms with Gasteiger partial charge in [0.2, 0.25) is 0 Å². The molecule has 0 amide bonds. The quantitative estimate of drug-likeness (QED) is 0.273. The molecule has 5 N–H and O–H groups in total. The Morgan fingerprint density at radius 1 is 1.42 bits per heavy atom. The third-order valence-corrected chi connectivity index (χ3v) is 1.75. The van der Waals surface area contributed by atoms with E-state index in [0.717, 1.165) is 6.34 Å². The van der Waals surface area contributed by atoms with Gasteiger partial charge in [-0.1, -0.05) is 0 Å². The Hall–Kier alpha value is -0.690. The van der Waals surface area contributed by atoms with Gasteiger partial charge < -0.3 is 25.8 Å². The summed E-state index contributed by atoms with van der Waals surface area (Å²) in [6, 6.07) is 0. The van der Waals surface area contributed by atoms with E-state index < -0.39 is 24.5 Å². The molecule has 0 radical (unpaired) electrons. The largest absolute Gasteiger partial charge is 0.394 e. The molecule has 0 aliphatic carbocycles. The maximum atomic E-state index is 9.23. The molecule has 0 aromatic rings. The molecular weight excluding hydrogens is 164 g/mol. The molecule has 0 spiro atoms. The highest BCUT2D eigenvalue weighted by Gasteiger charge is 2.41. The van der Waals surface area contributed by atoms with Crippen LogP contribution in [-0.2, 0) is 4.74 Å². The van der Waals surface area contributed by atoms with Crippen LogP contribution in [0.25, 0.3) is 0 Å². The predicted molar refractivity (Wildman–Crippen MR) is 40.4 cm³/mol. The zero-order valence-corrected chi connectivity index (χ0v) is 6.37. The second-order valence-corrected chi connectivity index (χ2v) is 2.53.